The first-order valence-electron chi connectivity index (χ1n) is 19.8. The summed E-state index contributed by atoms with van der Waals surface area (Å²) in [4.78, 5) is 42.0. The van der Waals surface area contributed by atoms with Crippen molar-refractivity contribution in [2.24, 2.45) is 5.41 Å². The number of amides is 1. The maximum atomic E-state index is 13.8. The fourth-order valence-electron chi connectivity index (χ4n) is 8.12. The molecule has 12 nitrogen and oxygen atoms in total. The molecule has 0 radical (unpaired) electrons. The van der Waals surface area contributed by atoms with E-state index in [2.05, 4.69) is 71.1 Å². The van der Waals surface area contributed by atoms with Crippen LogP contribution in [0.2, 0.25) is 0 Å². The van der Waals surface area contributed by atoms with Gasteiger partial charge in [0, 0.05) is 85.6 Å². The SMILES string of the molecule is CCn1c(-c2cc(N3CCN(C)CC3)cnc2[C@H](C)OC)c2c3cc(ccc31)-c1csc(n1)C[C@H](NCC(F)(F)F)C(=O)N1CCC[C@H](N1)C(=O)OCC(C)(C)C2. The second-order valence-corrected chi connectivity index (χ2v) is 17.2. The second kappa shape index (κ2) is 16.6. The molecule has 1 aromatic carbocycles. The number of carbonyl (C=O) groups is 2. The molecule has 2 saturated heterocycles. The summed E-state index contributed by atoms with van der Waals surface area (Å²) >= 11 is 1.31. The zero-order valence-electron chi connectivity index (χ0n) is 33.5. The number of nitrogens with one attached hydrogen (secondary N) is 2. The van der Waals surface area contributed by atoms with Crippen molar-refractivity contribution >= 4 is 39.8 Å². The number of cyclic esters (lactones) is 1. The number of rotatable bonds is 7. The van der Waals surface area contributed by atoms with Crippen LogP contribution in [-0.2, 0) is 38.4 Å². The number of anilines is 1. The summed E-state index contributed by atoms with van der Waals surface area (Å²) < 4.78 is 54.6. The second-order valence-electron chi connectivity index (χ2n) is 16.2. The van der Waals surface area contributed by atoms with E-state index in [-0.39, 0.29) is 25.7 Å². The van der Waals surface area contributed by atoms with Crippen molar-refractivity contribution in [1.82, 2.24) is 35.2 Å². The molecule has 0 aliphatic carbocycles. The lowest BCUT2D eigenvalue weighted by Crippen LogP contribution is -2.60. The lowest BCUT2D eigenvalue weighted by Gasteiger charge is -2.35. The van der Waals surface area contributed by atoms with E-state index in [1.807, 2.05) is 24.6 Å². The molecule has 308 valence electrons. The molecule has 3 aromatic heterocycles. The molecule has 3 aliphatic rings. The number of ether oxygens (including phenoxy) is 2. The predicted molar refractivity (Wildman–Crippen MR) is 215 cm³/mol. The van der Waals surface area contributed by atoms with Crippen molar-refractivity contribution in [3.63, 3.8) is 0 Å². The molecule has 3 atom stereocenters. The molecule has 0 unspecified atom stereocenters. The molecular formula is C41H53F3N8O4S. The fourth-order valence-corrected chi connectivity index (χ4v) is 8.97. The first-order chi connectivity index (χ1) is 27.1. The van der Waals surface area contributed by atoms with Crippen molar-refractivity contribution in [2.45, 2.75) is 84.3 Å². The summed E-state index contributed by atoms with van der Waals surface area (Å²) in [6.45, 7) is 11.6. The minimum absolute atomic E-state index is 0.0535. The number of likely N-dealkylation sites (N-methyl/N-ethyl adjacent to an activating group) is 1. The summed E-state index contributed by atoms with van der Waals surface area (Å²) in [6, 6.07) is 6.45. The molecule has 6 bridgehead atoms. The first-order valence-corrected chi connectivity index (χ1v) is 20.6. The lowest BCUT2D eigenvalue weighted by molar-refractivity contribution is -0.155. The van der Waals surface area contributed by atoms with Gasteiger partial charge in [0.15, 0.2) is 0 Å². The Morgan fingerprint density at radius 2 is 1.91 bits per heavy atom. The van der Waals surface area contributed by atoms with E-state index < -0.39 is 42.1 Å². The predicted octanol–water partition coefficient (Wildman–Crippen LogP) is 5.99. The average Bonchev–Trinajstić information content (AvgIpc) is 3.79. The quantitative estimate of drug-likeness (QED) is 0.216. The summed E-state index contributed by atoms with van der Waals surface area (Å²) in [5.74, 6) is -1.09. The smallest absolute Gasteiger partial charge is 0.401 e. The fraction of sp³-hybridized carbons (Fsp3) is 0.561. The van der Waals surface area contributed by atoms with E-state index in [1.54, 1.807) is 7.11 Å². The van der Waals surface area contributed by atoms with Gasteiger partial charge in [0.05, 0.1) is 59.3 Å². The number of thiazole rings is 1. The molecule has 0 saturated carbocycles. The Kier molecular flexibility index (Phi) is 12.0. The summed E-state index contributed by atoms with van der Waals surface area (Å²) in [5, 5.41) is 7.11. The van der Waals surface area contributed by atoms with E-state index in [4.69, 9.17) is 19.4 Å². The van der Waals surface area contributed by atoms with Gasteiger partial charge in [-0.05, 0) is 63.9 Å². The molecular weight excluding hydrogens is 758 g/mol. The molecule has 6 heterocycles. The molecule has 3 aliphatic heterocycles. The third-order valence-corrected chi connectivity index (χ3v) is 12.2. The van der Waals surface area contributed by atoms with Crippen molar-refractivity contribution in [3.8, 4) is 22.5 Å². The number of fused-ring (bicyclic) bond motifs is 6. The van der Waals surface area contributed by atoms with Crippen LogP contribution in [0.1, 0.15) is 62.9 Å². The Bertz CT molecular complexity index is 2090. The van der Waals surface area contributed by atoms with Crippen molar-refractivity contribution in [2.75, 3.05) is 64.9 Å². The van der Waals surface area contributed by atoms with Gasteiger partial charge in [-0.2, -0.15) is 13.2 Å². The highest BCUT2D eigenvalue weighted by atomic mass is 32.1. The number of piperazine rings is 1. The highest BCUT2D eigenvalue weighted by Crippen LogP contribution is 2.43. The number of esters is 1. The summed E-state index contributed by atoms with van der Waals surface area (Å²) in [5.41, 5.74) is 9.94. The van der Waals surface area contributed by atoms with Crippen LogP contribution in [0, 0.1) is 5.41 Å². The van der Waals surface area contributed by atoms with Gasteiger partial charge in [-0.1, -0.05) is 19.9 Å². The Balaban J connectivity index is 1.38. The summed E-state index contributed by atoms with van der Waals surface area (Å²) in [7, 11) is 3.83. The third kappa shape index (κ3) is 8.99. The van der Waals surface area contributed by atoms with E-state index >= 15 is 0 Å². The molecule has 2 N–H and O–H groups in total. The Morgan fingerprint density at radius 1 is 1.14 bits per heavy atom. The normalized spacial score (nSPS) is 21.8. The molecule has 2 fully saturated rings. The average molecular weight is 811 g/mol. The van der Waals surface area contributed by atoms with Gasteiger partial charge in [-0.15, -0.1) is 11.3 Å². The molecule has 1 amide bonds. The minimum Gasteiger partial charge on any atom is -0.464 e. The molecule has 0 spiro atoms. The van der Waals surface area contributed by atoms with E-state index in [0.29, 0.717) is 36.5 Å². The molecule has 4 aromatic rings. The number of aromatic nitrogens is 3. The molecule has 16 heteroatoms. The Labute approximate surface area is 335 Å². The van der Waals surface area contributed by atoms with Gasteiger partial charge in [-0.25, -0.2) is 10.4 Å². The van der Waals surface area contributed by atoms with Crippen LogP contribution < -0.4 is 15.6 Å². The van der Waals surface area contributed by atoms with Crippen LogP contribution in [0.15, 0.2) is 35.8 Å². The number of aryl methyl sites for hydroxylation is 1. The maximum absolute atomic E-state index is 13.8. The number of pyridine rings is 1. The Hall–Kier alpha value is -4.09. The number of hydrazine groups is 1. The van der Waals surface area contributed by atoms with E-state index in [0.717, 1.165) is 70.8 Å². The lowest BCUT2D eigenvalue weighted by atomic mass is 9.84. The monoisotopic (exact) mass is 810 g/mol. The van der Waals surface area contributed by atoms with Gasteiger partial charge in [0.1, 0.15) is 6.04 Å². The number of carbonyl (C=O) groups excluding carboxylic acids is 2. The molecule has 7 rings (SSSR count). The number of halogens is 3. The summed E-state index contributed by atoms with van der Waals surface area (Å²) in [6.07, 6.45) is -1.46. The van der Waals surface area contributed by atoms with Gasteiger partial charge < -0.3 is 23.8 Å². The topological polar surface area (TPSA) is 117 Å². The minimum atomic E-state index is -4.53. The van der Waals surface area contributed by atoms with Gasteiger partial charge in [0.2, 0.25) is 0 Å². The van der Waals surface area contributed by atoms with Crippen LogP contribution in [-0.4, -0.2) is 115 Å². The number of methoxy groups -OCH3 is 1. The van der Waals surface area contributed by atoms with E-state index in [1.165, 1.54) is 16.3 Å². The van der Waals surface area contributed by atoms with Crippen molar-refractivity contribution in [1.29, 1.82) is 0 Å². The number of hydrogen-bond acceptors (Lipinski definition) is 11. The zero-order chi connectivity index (χ0) is 40.6. The van der Waals surface area contributed by atoms with Crippen LogP contribution in [0.4, 0.5) is 18.9 Å². The van der Waals surface area contributed by atoms with Crippen LogP contribution in [0.5, 0.6) is 0 Å². The first kappa shape index (κ1) is 41.1. The third-order valence-electron chi connectivity index (χ3n) is 11.3. The maximum Gasteiger partial charge on any atom is 0.401 e. The number of alkyl halides is 3. The van der Waals surface area contributed by atoms with Gasteiger partial charge >= 0.3 is 12.1 Å². The highest BCUT2D eigenvalue weighted by Gasteiger charge is 2.37. The number of hydrogen-bond donors (Lipinski definition) is 2. The van der Waals surface area contributed by atoms with Crippen molar-refractivity contribution in [3.05, 3.63) is 52.1 Å². The van der Waals surface area contributed by atoms with Crippen molar-refractivity contribution < 1.29 is 32.2 Å². The van der Waals surface area contributed by atoms with Crippen LogP contribution in [0.25, 0.3) is 33.4 Å². The number of nitrogens with zero attached hydrogens (tertiary/aromatic N) is 6. The zero-order valence-corrected chi connectivity index (χ0v) is 34.4. The standard InChI is InChI=1S/C41H53F3N8O4S/c1-7-51-34-11-10-26-17-28(34)30(37(51)29-18-27(21-45-36(29)25(2)55-6)50-15-13-49(5)14-16-50)20-40(3,4)24-56-39(54)31-9-8-12-52(48-31)38(53)32(46-23-41(42,43)44)19-35-47-33(26)22-57-35/h10-11,17-18,21-22,25,31-32,46,48H,7-9,12-16,19-20,23-24H2,1-6H3/t25-,31-,32-/m0/s1. The number of benzene rings is 1. The van der Waals surface area contributed by atoms with E-state index in [9.17, 15) is 22.8 Å². The largest absolute Gasteiger partial charge is 0.464 e. The van der Waals surface area contributed by atoms with Gasteiger partial charge in [0.25, 0.3) is 5.91 Å². The molecule has 57 heavy (non-hydrogen) atoms. The van der Waals surface area contributed by atoms with Crippen LogP contribution in [0.3, 0.4) is 0 Å². The Morgan fingerprint density at radius 3 is 2.63 bits per heavy atom. The highest BCUT2D eigenvalue weighted by molar-refractivity contribution is 7.10. The van der Waals surface area contributed by atoms with Gasteiger partial charge in [-0.3, -0.25) is 24.9 Å². The van der Waals surface area contributed by atoms with Crippen LogP contribution >= 0.6 is 11.3 Å².